The van der Waals surface area contributed by atoms with Gasteiger partial charge in [-0.2, -0.15) is 0 Å². The van der Waals surface area contributed by atoms with Gasteiger partial charge < -0.3 is 9.80 Å². The molecule has 22 heavy (non-hydrogen) atoms. The van der Waals surface area contributed by atoms with E-state index in [1.165, 1.54) is 6.07 Å². The van der Waals surface area contributed by atoms with Crippen LogP contribution in [0.2, 0.25) is 0 Å². The molecule has 2 aliphatic rings. The Morgan fingerprint density at radius 1 is 1.23 bits per heavy atom. The van der Waals surface area contributed by atoms with Gasteiger partial charge in [0.1, 0.15) is 5.82 Å². The zero-order valence-corrected chi connectivity index (χ0v) is 13.6. The Morgan fingerprint density at radius 2 is 1.95 bits per heavy atom. The van der Waals surface area contributed by atoms with Crippen LogP contribution in [-0.4, -0.2) is 72.0 Å². The van der Waals surface area contributed by atoms with Crippen molar-refractivity contribution >= 4 is 5.91 Å². The van der Waals surface area contributed by atoms with Crippen molar-refractivity contribution in [3.8, 4) is 0 Å². The van der Waals surface area contributed by atoms with Crippen LogP contribution in [0.5, 0.6) is 0 Å². The molecule has 0 spiro atoms. The normalized spacial score (nSPS) is 25.8. The first-order chi connectivity index (χ1) is 10.4. The number of carbonyl (C=O) groups excluding carboxylic acids is 1. The molecule has 2 saturated heterocycles. The average molecular weight is 305 g/mol. The van der Waals surface area contributed by atoms with Crippen LogP contribution in [0, 0.1) is 5.82 Å². The van der Waals surface area contributed by atoms with Crippen LogP contribution in [0.4, 0.5) is 4.39 Å². The Morgan fingerprint density at radius 3 is 2.68 bits per heavy atom. The minimum absolute atomic E-state index is 0.0783. The Balaban J connectivity index is 1.83. The molecule has 2 fully saturated rings. The molecule has 0 aliphatic carbocycles. The number of amides is 1. The second-order valence-corrected chi connectivity index (χ2v) is 7.09. The van der Waals surface area contributed by atoms with E-state index in [1.54, 1.807) is 18.2 Å². The van der Waals surface area contributed by atoms with E-state index in [2.05, 4.69) is 30.7 Å². The summed E-state index contributed by atoms with van der Waals surface area (Å²) in [6.45, 7) is 8.68. The number of nitrogens with zero attached hydrogens (tertiary/aromatic N) is 3. The van der Waals surface area contributed by atoms with Gasteiger partial charge in [0.05, 0.1) is 5.56 Å². The molecular formula is C17H24FN3O. The highest BCUT2D eigenvalue weighted by Gasteiger charge is 2.43. The molecule has 1 atom stereocenters. The van der Waals surface area contributed by atoms with Crippen LogP contribution in [0.1, 0.15) is 24.2 Å². The lowest BCUT2D eigenvalue weighted by Gasteiger charge is -2.55. The summed E-state index contributed by atoms with van der Waals surface area (Å²) >= 11 is 0. The number of benzene rings is 1. The zero-order valence-electron chi connectivity index (χ0n) is 13.6. The standard InChI is InChI=1S/C17H24FN3O/c1-17(2)12-20(11-13-10-19(3)8-9-21(13)17)16(22)14-6-4-5-7-15(14)18/h4-7,13H,8-12H2,1-3H3. The second kappa shape index (κ2) is 5.63. The summed E-state index contributed by atoms with van der Waals surface area (Å²) in [5, 5.41) is 0. The van der Waals surface area contributed by atoms with Gasteiger partial charge in [0.15, 0.2) is 0 Å². The first kappa shape index (κ1) is 15.4. The van der Waals surface area contributed by atoms with Gasteiger partial charge in [0.25, 0.3) is 5.91 Å². The quantitative estimate of drug-likeness (QED) is 0.790. The lowest BCUT2D eigenvalue weighted by molar-refractivity contribution is -0.0515. The fourth-order valence-electron chi connectivity index (χ4n) is 3.80. The van der Waals surface area contributed by atoms with E-state index in [9.17, 15) is 9.18 Å². The molecule has 2 aliphatic heterocycles. The first-order valence-corrected chi connectivity index (χ1v) is 7.87. The van der Waals surface area contributed by atoms with Gasteiger partial charge >= 0.3 is 0 Å². The summed E-state index contributed by atoms with van der Waals surface area (Å²) < 4.78 is 13.9. The highest BCUT2D eigenvalue weighted by molar-refractivity contribution is 5.94. The average Bonchev–Trinajstić information content (AvgIpc) is 2.45. The monoisotopic (exact) mass is 305 g/mol. The van der Waals surface area contributed by atoms with Gasteiger partial charge in [-0.15, -0.1) is 0 Å². The van der Waals surface area contributed by atoms with Crippen molar-refractivity contribution < 1.29 is 9.18 Å². The predicted molar refractivity (Wildman–Crippen MR) is 84.4 cm³/mol. The highest BCUT2D eigenvalue weighted by atomic mass is 19.1. The second-order valence-electron chi connectivity index (χ2n) is 7.09. The van der Waals surface area contributed by atoms with Crippen LogP contribution in [0.25, 0.3) is 0 Å². The largest absolute Gasteiger partial charge is 0.335 e. The topological polar surface area (TPSA) is 26.8 Å². The van der Waals surface area contributed by atoms with Gasteiger partial charge in [-0.25, -0.2) is 4.39 Å². The Bertz CT molecular complexity index is 575. The van der Waals surface area contributed by atoms with Crippen molar-refractivity contribution in [2.24, 2.45) is 0 Å². The number of fused-ring (bicyclic) bond motifs is 1. The van der Waals surface area contributed by atoms with Crippen molar-refractivity contribution in [1.82, 2.24) is 14.7 Å². The molecule has 2 heterocycles. The molecule has 1 amide bonds. The van der Waals surface area contributed by atoms with E-state index < -0.39 is 5.82 Å². The molecule has 0 aromatic heterocycles. The first-order valence-electron chi connectivity index (χ1n) is 7.87. The third-order valence-corrected chi connectivity index (χ3v) is 4.86. The lowest BCUT2D eigenvalue weighted by Crippen LogP contribution is -2.70. The van der Waals surface area contributed by atoms with E-state index >= 15 is 0 Å². The number of carbonyl (C=O) groups is 1. The number of likely N-dealkylation sites (N-methyl/N-ethyl adjacent to an activating group) is 1. The molecule has 120 valence electrons. The van der Waals surface area contributed by atoms with E-state index in [4.69, 9.17) is 0 Å². The van der Waals surface area contributed by atoms with Gasteiger partial charge in [0, 0.05) is 44.3 Å². The zero-order chi connectivity index (χ0) is 15.9. The number of hydrogen-bond acceptors (Lipinski definition) is 3. The van der Waals surface area contributed by atoms with Crippen LogP contribution in [-0.2, 0) is 0 Å². The maximum Gasteiger partial charge on any atom is 0.256 e. The molecule has 1 unspecified atom stereocenters. The van der Waals surface area contributed by atoms with Crippen molar-refractivity contribution in [3.05, 3.63) is 35.6 Å². The third kappa shape index (κ3) is 2.75. The van der Waals surface area contributed by atoms with E-state index in [1.807, 2.05) is 4.90 Å². The van der Waals surface area contributed by atoms with E-state index in [0.29, 0.717) is 19.1 Å². The molecule has 0 N–H and O–H groups in total. The van der Waals surface area contributed by atoms with Gasteiger partial charge in [-0.1, -0.05) is 12.1 Å². The summed E-state index contributed by atoms with van der Waals surface area (Å²) in [6.07, 6.45) is 0. The fraction of sp³-hybridized carbons (Fsp3) is 0.588. The fourth-order valence-corrected chi connectivity index (χ4v) is 3.80. The van der Waals surface area contributed by atoms with Crippen molar-refractivity contribution in [1.29, 1.82) is 0 Å². The van der Waals surface area contributed by atoms with E-state index in [0.717, 1.165) is 19.6 Å². The molecule has 0 bridgehead atoms. The van der Waals surface area contributed by atoms with E-state index in [-0.39, 0.29) is 17.0 Å². The number of piperazine rings is 2. The highest BCUT2D eigenvalue weighted by Crippen LogP contribution is 2.28. The summed E-state index contributed by atoms with van der Waals surface area (Å²) in [4.78, 5) is 19.3. The number of hydrogen-bond donors (Lipinski definition) is 0. The SMILES string of the molecule is CN1CCN2C(C1)CN(C(=O)c1ccccc1F)CC2(C)C. The molecule has 0 radical (unpaired) electrons. The Labute approximate surface area is 131 Å². The molecule has 1 aromatic carbocycles. The third-order valence-electron chi connectivity index (χ3n) is 4.86. The van der Waals surface area contributed by atoms with Crippen LogP contribution in [0.3, 0.4) is 0 Å². The van der Waals surface area contributed by atoms with Gasteiger partial charge in [-0.3, -0.25) is 9.69 Å². The molecule has 4 nitrogen and oxygen atoms in total. The van der Waals surface area contributed by atoms with Gasteiger partial charge in [0.2, 0.25) is 0 Å². The lowest BCUT2D eigenvalue weighted by atomic mass is 9.92. The summed E-state index contributed by atoms with van der Waals surface area (Å²) in [7, 11) is 2.11. The predicted octanol–water partition coefficient (Wildman–Crippen LogP) is 1.68. The molecular weight excluding hydrogens is 281 g/mol. The smallest absolute Gasteiger partial charge is 0.256 e. The summed E-state index contributed by atoms with van der Waals surface area (Å²) in [5.41, 5.74) is 0.0985. The Hall–Kier alpha value is -1.46. The number of rotatable bonds is 1. The minimum Gasteiger partial charge on any atom is -0.335 e. The molecule has 3 rings (SSSR count). The van der Waals surface area contributed by atoms with Crippen LogP contribution in [0.15, 0.2) is 24.3 Å². The molecule has 0 saturated carbocycles. The Kier molecular flexibility index (Phi) is 3.95. The van der Waals surface area contributed by atoms with Crippen LogP contribution >= 0.6 is 0 Å². The number of halogens is 1. The van der Waals surface area contributed by atoms with Crippen molar-refractivity contribution in [2.45, 2.75) is 25.4 Å². The minimum atomic E-state index is -0.437. The maximum atomic E-state index is 13.9. The summed E-state index contributed by atoms with van der Waals surface area (Å²) in [6, 6.07) is 6.57. The molecule has 5 heteroatoms. The van der Waals surface area contributed by atoms with Gasteiger partial charge in [-0.05, 0) is 33.0 Å². The molecule has 1 aromatic rings. The van der Waals surface area contributed by atoms with Crippen LogP contribution < -0.4 is 0 Å². The van der Waals surface area contributed by atoms with Crippen molar-refractivity contribution in [3.63, 3.8) is 0 Å². The van der Waals surface area contributed by atoms with Crippen molar-refractivity contribution in [2.75, 3.05) is 39.8 Å². The summed E-state index contributed by atoms with van der Waals surface area (Å²) in [5.74, 6) is -0.632. The maximum absolute atomic E-state index is 13.9.